The smallest absolute Gasteiger partial charge is 0.230 e. The zero-order chi connectivity index (χ0) is 19.0. The predicted octanol–water partition coefficient (Wildman–Crippen LogP) is 0.359. The Hall–Kier alpha value is -1.44. The molecule has 2 bridgehead atoms. The van der Waals surface area contributed by atoms with E-state index in [-0.39, 0.29) is 29.8 Å². The second-order valence-electron chi connectivity index (χ2n) is 7.97. The molecule has 4 aliphatic rings. The highest BCUT2D eigenvalue weighted by molar-refractivity contribution is 5.93. The molecule has 3 fully saturated rings. The van der Waals surface area contributed by atoms with E-state index in [4.69, 9.17) is 9.47 Å². The molecule has 0 aromatic carbocycles. The van der Waals surface area contributed by atoms with Gasteiger partial charge in [0.15, 0.2) is 0 Å². The van der Waals surface area contributed by atoms with Crippen LogP contribution in [0.5, 0.6) is 0 Å². The number of hydrogen-bond donors (Lipinski definition) is 0. The molecule has 150 valence electrons. The minimum atomic E-state index is -0.615. The van der Waals surface area contributed by atoms with Crippen molar-refractivity contribution in [2.75, 3.05) is 59.0 Å². The van der Waals surface area contributed by atoms with Crippen molar-refractivity contribution in [3.63, 3.8) is 0 Å². The molecule has 0 N–H and O–H groups in total. The average molecular weight is 377 g/mol. The van der Waals surface area contributed by atoms with Crippen LogP contribution in [0.1, 0.15) is 20.3 Å². The lowest BCUT2D eigenvalue weighted by atomic mass is 9.76. The van der Waals surface area contributed by atoms with Crippen molar-refractivity contribution < 1.29 is 19.1 Å². The average Bonchev–Trinajstić information content (AvgIpc) is 3.22. The van der Waals surface area contributed by atoms with Gasteiger partial charge in [-0.3, -0.25) is 9.59 Å². The van der Waals surface area contributed by atoms with Crippen LogP contribution in [0, 0.1) is 11.8 Å². The molecule has 3 saturated heterocycles. The van der Waals surface area contributed by atoms with Crippen LogP contribution in [-0.2, 0) is 19.1 Å². The highest BCUT2D eigenvalue weighted by Gasteiger charge is 2.67. The SMILES string of the molecule is CCOCCN1C[C@]23C=C[C@H](O2)C(C(=O)N2CCCN(CC)CC2)C3C1=O. The highest BCUT2D eigenvalue weighted by atomic mass is 16.5. The molecule has 4 rings (SSSR count). The van der Waals surface area contributed by atoms with Crippen molar-refractivity contribution in [3.8, 4) is 0 Å². The molecule has 1 spiro atoms. The van der Waals surface area contributed by atoms with Crippen molar-refractivity contribution in [3.05, 3.63) is 12.2 Å². The summed E-state index contributed by atoms with van der Waals surface area (Å²) in [4.78, 5) is 32.6. The van der Waals surface area contributed by atoms with Gasteiger partial charge >= 0.3 is 0 Å². The summed E-state index contributed by atoms with van der Waals surface area (Å²) in [5.41, 5.74) is -0.615. The summed E-state index contributed by atoms with van der Waals surface area (Å²) in [5.74, 6) is -0.626. The summed E-state index contributed by atoms with van der Waals surface area (Å²) in [6.07, 6.45) is 4.74. The van der Waals surface area contributed by atoms with Crippen LogP contribution in [0.2, 0.25) is 0 Å². The fraction of sp³-hybridized carbons (Fsp3) is 0.800. The molecular formula is C20H31N3O4. The van der Waals surface area contributed by atoms with Gasteiger partial charge in [-0.25, -0.2) is 0 Å². The number of ether oxygens (including phenoxy) is 2. The fourth-order valence-corrected chi connectivity index (χ4v) is 5.09. The van der Waals surface area contributed by atoms with Crippen LogP contribution in [0.3, 0.4) is 0 Å². The quantitative estimate of drug-likeness (QED) is 0.494. The van der Waals surface area contributed by atoms with E-state index in [0.29, 0.717) is 26.3 Å². The van der Waals surface area contributed by atoms with E-state index >= 15 is 0 Å². The molecule has 4 atom stereocenters. The molecule has 4 aliphatic heterocycles. The van der Waals surface area contributed by atoms with Crippen LogP contribution >= 0.6 is 0 Å². The van der Waals surface area contributed by atoms with Gasteiger partial charge in [-0.2, -0.15) is 0 Å². The van der Waals surface area contributed by atoms with Crippen LogP contribution < -0.4 is 0 Å². The minimum absolute atomic E-state index is 0.0462. The fourth-order valence-electron chi connectivity index (χ4n) is 5.09. The number of fused-ring (bicyclic) bond motifs is 1. The van der Waals surface area contributed by atoms with Gasteiger partial charge in [0.05, 0.1) is 31.1 Å². The summed E-state index contributed by atoms with van der Waals surface area (Å²) < 4.78 is 11.6. The number of rotatable bonds is 6. The Morgan fingerprint density at radius 2 is 2.15 bits per heavy atom. The molecule has 0 aliphatic carbocycles. The molecular weight excluding hydrogens is 346 g/mol. The Balaban J connectivity index is 1.48. The molecule has 7 heteroatoms. The molecule has 2 amide bonds. The van der Waals surface area contributed by atoms with E-state index in [2.05, 4.69) is 11.8 Å². The summed E-state index contributed by atoms with van der Waals surface area (Å²) in [6, 6.07) is 0. The van der Waals surface area contributed by atoms with Gasteiger partial charge in [-0.1, -0.05) is 19.1 Å². The van der Waals surface area contributed by atoms with E-state index in [0.717, 1.165) is 39.1 Å². The van der Waals surface area contributed by atoms with Crippen molar-refractivity contribution >= 4 is 11.8 Å². The second kappa shape index (κ2) is 7.53. The van der Waals surface area contributed by atoms with Crippen LogP contribution in [0.4, 0.5) is 0 Å². The maximum absolute atomic E-state index is 13.4. The van der Waals surface area contributed by atoms with Crippen molar-refractivity contribution in [2.45, 2.75) is 32.0 Å². The standard InChI is InChI=1S/C20H31N3O4/c1-3-21-8-5-9-22(11-10-21)18(24)16-15-6-7-20(27-15)14-23(12-13-26-4-2)19(25)17(16)20/h6-7,15-17H,3-5,8-14H2,1-2H3/t15-,16?,17?,20-/m0/s1. The van der Waals surface area contributed by atoms with Crippen LogP contribution in [0.25, 0.3) is 0 Å². The Morgan fingerprint density at radius 1 is 1.30 bits per heavy atom. The first kappa shape index (κ1) is 18.9. The van der Waals surface area contributed by atoms with E-state index in [1.807, 2.05) is 28.9 Å². The zero-order valence-electron chi connectivity index (χ0n) is 16.4. The number of carbonyl (C=O) groups excluding carboxylic acids is 2. The van der Waals surface area contributed by atoms with Crippen molar-refractivity contribution in [2.24, 2.45) is 11.8 Å². The molecule has 0 aromatic heterocycles. The number of carbonyl (C=O) groups is 2. The lowest BCUT2D eigenvalue weighted by Crippen LogP contribution is -2.47. The van der Waals surface area contributed by atoms with Crippen molar-refractivity contribution in [1.29, 1.82) is 0 Å². The number of nitrogens with zero attached hydrogens (tertiary/aromatic N) is 3. The monoisotopic (exact) mass is 377 g/mol. The lowest BCUT2D eigenvalue weighted by molar-refractivity contribution is -0.143. The maximum atomic E-state index is 13.4. The minimum Gasteiger partial charge on any atom is -0.380 e. The number of amides is 2. The van der Waals surface area contributed by atoms with E-state index in [1.54, 1.807) is 0 Å². The van der Waals surface area contributed by atoms with Crippen molar-refractivity contribution in [1.82, 2.24) is 14.7 Å². The molecule has 0 radical (unpaired) electrons. The van der Waals surface area contributed by atoms with Gasteiger partial charge < -0.3 is 24.2 Å². The number of hydrogen-bond acceptors (Lipinski definition) is 5. The maximum Gasteiger partial charge on any atom is 0.230 e. The molecule has 0 aromatic rings. The topological polar surface area (TPSA) is 62.3 Å². The third-order valence-corrected chi connectivity index (χ3v) is 6.52. The zero-order valence-corrected chi connectivity index (χ0v) is 16.4. The van der Waals surface area contributed by atoms with Crippen LogP contribution in [-0.4, -0.2) is 97.2 Å². The highest BCUT2D eigenvalue weighted by Crippen LogP contribution is 2.52. The summed E-state index contributed by atoms with van der Waals surface area (Å²) >= 11 is 0. The number of likely N-dealkylation sites (N-methyl/N-ethyl adjacent to an activating group) is 1. The normalized spacial score (nSPS) is 35.8. The Kier molecular flexibility index (Phi) is 5.27. The largest absolute Gasteiger partial charge is 0.380 e. The lowest BCUT2D eigenvalue weighted by Gasteiger charge is -2.29. The van der Waals surface area contributed by atoms with Gasteiger partial charge in [-0.05, 0) is 26.4 Å². The Labute approximate surface area is 161 Å². The first-order valence-electron chi connectivity index (χ1n) is 10.3. The van der Waals surface area contributed by atoms with Crippen LogP contribution in [0.15, 0.2) is 12.2 Å². The van der Waals surface area contributed by atoms with Gasteiger partial charge in [0.1, 0.15) is 5.60 Å². The number of likely N-dealkylation sites (tertiary alicyclic amines) is 1. The third-order valence-electron chi connectivity index (χ3n) is 6.52. The Morgan fingerprint density at radius 3 is 2.93 bits per heavy atom. The second-order valence-corrected chi connectivity index (χ2v) is 7.97. The van der Waals surface area contributed by atoms with E-state index in [1.165, 1.54) is 0 Å². The molecule has 2 unspecified atom stereocenters. The third kappa shape index (κ3) is 3.19. The summed E-state index contributed by atoms with van der Waals surface area (Å²) in [7, 11) is 0. The van der Waals surface area contributed by atoms with E-state index in [9.17, 15) is 9.59 Å². The van der Waals surface area contributed by atoms with Gasteiger partial charge in [-0.15, -0.1) is 0 Å². The molecule has 4 heterocycles. The van der Waals surface area contributed by atoms with E-state index < -0.39 is 5.60 Å². The summed E-state index contributed by atoms with van der Waals surface area (Å²) in [6.45, 7) is 10.8. The van der Waals surface area contributed by atoms with Gasteiger partial charge in [0.2, 0.25) is 11.8 Å². The molecule has 7 nitrogen and oxygen atoms in total. The predicted molar refractivity (Wildman–Crippen MR) is 100 cm³/mol. The van der Waals surface area contributed by atoms with Gasteiger partial charge in [0.25, 0.3) is 0 Å². The molecule has 27 heavy (non-hydrogen) atoms. The Bertz CT molecular complexity index is 624. The summed E-state index contributed by atoms with van der Waals surface area (Å²) in [5, 5.41) is 0. The molecule has 0 saturated carbocycles. The van der Waals surface area contributed by atoms with Gasteiger partial charge in [0, 0.05) is 32.8 Å². The first-order chi connectivity index (χ1) is 13.1. The first-order valence-corrected chi connectivity index (χ1v) is 10.3.